The van der Waals surface area contributed by atoms with Gasteiger partial charge in [-0.25, -0.2) is 0 Å². The average Bonchev–Trinajstić information content (AvgIpc) is 1.52. The largest absolute Gasteiger partial charge is 0.493 e. The molecule has 147 heavy (non-hydrogen) atoms. The predicted molar refractivity (Wildman–Crippen MR) is 536 cm³/mol. The molecular weight excluding hydrogens is 1880 g/mol. The van der Waals surface area contributed by atoms with Crippen molar-refractivity contribution in [1.82, 2.24) is 0 Å². The van der Waals surface area contributed by atoms with Gasteiger partial charge in [0.1, 0.15) is 36.2 Å². The summed E-state index contributed by atoms with van der Waals surface area (Å²) in [6, 6.07) is 73.8. The van der Waals surface area contributed by atoms with E-state index < -0.39 is 0 Å². The van der Waals surface area contributed by atoms with Crippen LogP contribution in [0.5, 0.6) is 161 Å². The number of hydrogen-bond acceptors (Lipinski definition) is 28. The molecule has 12 aromatic rings. The zero-order valence-corrected chi connectivity index (χ0v) is 82.5. The van der Waals surface area contributed by atoms with Crippen molar-refractivity contribution in [2.24, 2.45) is 28.6 Å². The van der Waals surface area contributed by atoms with Crippen molar-refractivity contribution < 1.29 is 133 Å². The summed E-state index contributed by atoms with van der Waals surface area (Å²) in [5.41, 5.74) is 11.5. The van der Waals surface area contributed by atoms with Gasteiger partial charge in [-0.15, -0.1) is 0 Å². The van der Waals surface area contributed by atoms with E-state index in [1.54, 1.807) is 0 Å². The van der Waals surface area contributed by atoms with Crippen LogP contribution in [0.25, 0.3) is 0 Å². The standard InChI is InChI=1S/C24H26O4.C22H22O4.2C20H20O4.C17H16O6.C16H14O6/c1-23(2)16-8-9-24(23,3)22(15-5-7-18-20(11-15)28-13-26-18)21(16)14-4-6-17-19(10-14)27-12-25-17;1-3-19-21(25-11-23-19)9-13(1)15-5-17-7-16(8-18(17)6-15)14-2-4-20-22(10-14)26-12-24-20;1-2-14(16-6-8-18-20(10-16)24-12-22-18)4-3-13(1)15-5-7-17-19(9-15)23-11-21-17;1-2-4-16(14-6-8-18-20(10-14)24-12-22-18)15(3-1)13-5-7-17-19(9-13)23-11-21-17;1(6-18-12-2-4-14-16(8-12)22-10-20-14)7-19-13-3-5-15-17(9-13)23-11-21-15;1-3-13-15(21-9-19-13)7-11(1)17-5-6-18-12-2-4-14-16(8-12)22-10-20-14/h4-7,10-11,16,21-22H,8-9,12-13H2,1-3H3;1-4,9-10,15-18H,5-8,11-12H2;5-10,13-14H,1-4,11-12H2;5-10,15-16H,1-4,11-12H2;2-5,8-9H,1,6-7,10-11H2;1-4,7-8H,5-6,9-10H2. The Morgan fingerprint density at radius 3 is 0.741 bits per heavy atom. The molecule has 28 heteroatoms. The normalized spacial score (nSPS) is 24.0. The van der Waals surface area contributed by atoms with E-state index in [-0.39, 0.29) is 38.0 Å². The van der Waals surface area contributed by atoms with E-state index in [0.717, 1.165) is 168 Å². The quantitative estimate of drug-likeness (QED) is 0.0681. The Balaban J connectivity index is 0.0000000920. The Kier molecular flexibility index (Phi) is 25.8. The molecule has 6 aliphatic carbocycles. The van der Waals surface area contributed by atoms with Crippen LogP contribution in [-0.2, 0) is 0 Å². The first-order valence-corrected chi connectivity index (χ1v) is 51.6. The molecule has 0 spiro atoms. The van der Waals surface area contributed by atoms with Gasteiger partial charge in [0.25, 0.3) is 0 Å². The molecule has 12 aromatic carbocycles. The molecule has 0 saturated heterocycles. The lowest BCUT2D eigenvalue weighted by molar-refractivity contribution is 0.134. The highest BCUT2D eigenvalue weighted by atomic mass is 16.7. The van der Waals surface area contributed by atoms with E-state index in [1.165, 1.54) is 134 Å². The summed E-state index contributed by atoms with van der Waals surface area (Å²) in [6.07, 6.45) is 18.3. The molecule has 6 unspecified atom stereocenters. The van der Waals surface area contributed by atoms with Gasteiger partial charge in [0.2, 0.25) is 81.5 Å². The molecule has 2 bridgehead atoms. The number of rotatable bonds is 19. The van der Waals surface area contributed by atoms with E-state index in [2.05, 4.69) is 142 Å². The maximum atomic E-state index is 5.71. The van der Waals surface area contributed by atoms with Crippen molar-refractivity contribution in [3.8, 4) is 161 Å². The number of fused-ring (bicyclic) bond motifs is 15. The fourth-order valence-corrected chi connectivity index (χ4v) is 25.0. The van der Waals surface area contributed by atoms with E-state index in [9.17, 15) is 0 Å². The minimum absolute atomic E-state index is 0.242. The zero-order valence-electron chi connectivity index (χ0n) is 82.5. The monoisotopic (exact) mass is 1990 g/mol. The lowest BCUT2D eigenvalue weighted by Gasteiger charge is -2.41. The number of ether oxygens (including phenoxy) is 28. The van der Waals surface area contributed by atoms with Crippen LogP contribution in [0.3, 0.4) is 0 Å². The summed E-state index contributed by atoms with van der Waals surface area (Å²) in [6.45, 7) is 13.1. The van der Waals surface area contributed by atoms with E-state index in [1.807, 2.05) is 97.1 Å². The van der Waals surface area contributed by atoms with Crippen LogP contribution in [0.15, 0.2) is 218 Å². The summed E-state index contributed by atoms with van der Waals surface area (Å²) in [4.78, 5) is 0. The van der Waals surface area contributed by atoms with Crippen molar-refractivity contribution in [1.29, 1.82) is 0 Å². The van der Waals surface area contributed by atoms with E-state index >= 15 is 0 Å². The highest BCUT2D eigenvalue weighted by Gasteiger charge is 2.66. The van der Waals surface area contributed by atoms with Crippen LogP contribution in [0.4, 0.5) is 0 Å². The second kappa shape index (κ2) is 40.8. The lowest BCUT2D eigenvalue weighted by atomic mass is 9.63. The molecule has 12 aliphatic heterocycles. The van der Waals surface area contributed by atoms with Gasteiger partial charge in [0.05, 0.1) is 13.2 Å². The highest BCUT2D eigenvalue weighted by Crippen LogP contribution is 2.76. The first kappa shape index (κ1) is 93.1. The van der Waals surface area contributed by atoms with Crippen LogP contribution >= 0.6 is 0 Å². The third-order valence-corrected chi connectivity index (χ3v) is 32.8. The average molecular weight is 2000 g/mol. The number of hydrogen-bond donors (Lipinski definition) is 0. The molecule has 0 aromatic heterocycles. The van der Waals surface area contributed by atoms with Crippen LogP contribution in [0.1, 0.15) is 209 Å². The van der Waals surface area contributed by atoms with E-state index in [0.29, 0.717) is 146 Å². The Morgan fingerprint density at radius 2 is 0.442 bits per heavy atom. The Bertz CT molecular complexity index is 6480. The molecule has 6 atom stereocenters. The van der Waals surface area contributed by atoms with Crippen LogP contribution in [0, 0.1) is 28.6 Å². The third-order valence-electron chi connectivity index (χ3n) is 32.8. The first-order chi connectivity index (χ1) is 72.3. The third kappa shape index (κ3) is 19.3. The van der Waals surface area contributed by atoms with Gasteiger partial charge >= 0.3 is 0 Å². The van der Waals surface area contributed by atoms with Crippen molar-refractivity contribution >= 4 is 0 Å². The molecule has 762 valence electrons. The van der Waals surface area contributed by atoms with Crippen molar-refractivity contribution in [3.05, 3.63) is 263 Å². The summed E-state index contributed by atoms with van der Waals surface area (Å²) in [5.74, 6) is 29.7. The van der Waals surface area contributed by atoms with Crippen molar-refractivity contribution in [2.75, 3.05) is 108 Å². The molecule has 18 aliphatic rings. The molecule has 0 radical (unpaired) electrons. The second-order valence-corrected chi connectivity index (χ2v) is 40.9. The number of benzene rings is 12. The minimum Gasteiger partial charge on any atom is -0.493 e. The van der Waals surface area contributed by atoms with Gasteiger partial charge in [0, 0.05) is 30.7 Å². The van der Waals surface area contributed by atoms with Crippen molar-refractivity contribution in [2.45, 2.75) is 164 Å². The van der Waals surface area contributed by atoms with Crippen LogP contribution in [0.2, 0.25) is 0 Å². The molecular formula is C119H118O28. The molecule has 6 fully saturated rings. The van der Waals surface area contributed by atoms with Crippen LogP contribution < -0.4 is 133 Å². The molecule has 12 heterocycles. The maximum Gasteiger partial charge on any atom is 0.231 e. The predicted octanol–water partition coefficient (Wildman–Crippen LogP) is 25.1. The summed E-state index contributed by atoms with van der Waals surface area (Å²) in [5, 5.41) is 0. The summed E-state index contributed by atoms with van der Waals surface area (Å²) in [7, 11) is 0. The molecule has 0 N–H and O–H groups in total. The topological polar surface area (TPSA) is 258 Å². The smallest absolute Gasteiger partial charge is 0.231 e. The second-order valence-electron chi connectivity index (χ2n) is 40.9. The maximum absolute atomic E-state index is 5.71. The van der Waals surface area contributed by atoms with Crippen molar-refractivity contribution in [3.63, 3.8) is 0 Å². The van der Waals surface area contributed by atoms with Gasteiger partial charge in [-0.2, -0.15) is 0 Å². The minimum atomic E-state index is 0.242. The summed E-state index contributed by atoms with van der Waals surface area (Å²) >= 11 is 0. The van der Waals surface area contributed by atoms with Gasteiger partial charge < -0.3 is 133 Å². The van der Waals surface area contributed by atoms with Gasteiger partial charge in [-0.05, 0) is 343 Å². The zero-order chi connectivity index (χ0) is 98.3. The Hall–Kier alpha value is -15.0. The fourth-order valence-electron chi connectivity index (χ4n) is 25.0. The summed E-state index contributed by atoms with van der Waals surface area (Å²) < 4.78 is 153. The molecule has 28 nitrogen and oxygen atoms in total. The fraction of sp³-hybridized carbons (Fsp3) is 0.395. The Labute approximate surface area is 852 Å². The lowest BCUT2D eigenvalue weighted by Crippen LogP contribution is -2.31. The molecule has 6 saturated carbocycles. The SMILES string of the molecule is CC1(C)C2CCC1(C)C(c1ccc3c(c1)OCO3)C2c1ccc2c(c1)OCO2.c1cc2c(cc1C1CC3CC(c4ccc5c(c4)OCO5)CC3C1)OCO2.c1cc2c(cc1C1CCC(c3ccc4c(c3)OCO4)CC1)OCO2.c1cc2c(cc1C1CCCCC1c1ccc3c(c1)OCO3)OCO2.c1cc2c(cc1OCCCOc1ccc3c(c1)OCO3)OCO2.c1cc2c(cc1OCCOc1ccc3c(c1)OCO3)OCO2. The van der Waals surface area contributed by atoms with Crippen LogP contribution in [-0.4, -0.2) is 108 Å². The molecule has 0 amide bonds. The van der Waals surface area contributed by atoms with Gasteiger partial charge in [-0.1, -0.05) is 82.1 Å². The van der Waals surface area contributed by atoms with E-state index in [4.69, 9.17) is 133 Å². The van der Waals surface area contributed by atoms with Gasteiger partial charge in [-0.3, -0.25) is 0 Å². The molecule has 30 rings (SSSR count). The first-order valence-electron chi connectivity index (χ1n) is 51.6. The Morgan fingerprint density at radius 1 is 0.218 bits per heavy atom. The van der Waals surface area contributed by atoms with Gasteiger partial charge in [0.15, 0.2) is 138 Å². The highest BCUT2D eigenvalue weighted by molar-refractivity contribution is 5.57.